The molecule has 0 radical (unpaired) electrons. The first-order valence-corrected chi connectivity index (χ1v) is 9.26. The fourth-order valence-electron chi connectivity index (χ4n) is 2.69. The zero-order valence-corrected chi connectivity index (χ0v) is 15.3. The van der Waals surface area contributed by atoms with E-state index < -0.39 is 0 Å². The number of nitrogens with one attached hydrogen (secondary N) is 1. The Morgan fingerprint density at radius 1 is 1.35 bits per heavy atom. The Kier molecular flexibility index (Phi) is 5.35. The second-order valence-corrected chi connectivity index (χ2v) is 7.46. The summed E-state index contributed by atoms with van der Waals surface area (Å²) in [4.78, 5) is 15.4. The molecule has 4 nitrogen and oxygen atoms in total. The Labute approximate surface area is 148 Å². The number of halogens is 1. The maximum Gasteiger partial charge on any atom is 0.317 e. The van der Waals surface area contributed by atoms with Crippen LogP contribution in [0.4, 0.5) is 4.79 Å². The van der Waals surface area contributed by atoms with Crippen molar-refractivity contribution in [1.82, 2.24) is 10.2 Å². The Morgan fingerprint density at radius 3 is 2.83 bits per heavy atom. The number of urea groups is 1. The minimum Gasteiger partial charge on any atom is -0.367 e. The molecule has 23 heavy (non-hydrogen) atoms. The first-order valence-electron chi connectivity index (χ1n) is 7.58. The highest BCUT2D eigenvalue weighted by atomic mass is 79.9. The lowest BCUT2D eigenvalue weighted by molar-refractivity contribution is -0.0657. The zero-order valence-electron chi connectivity index (χ0n) is 12.9. The van der Waals surface area contributed by atoms with Gasteiger partial charge in [-0.25, -0.2) is 4.79 Å². The van der Waals surface area contributed by atoms with E-state index in [1.54, 1.807) is 11.3 Å². The topological polar surface area (TPSA) is 41.6 Å². The van der Waals surface area contributed by atoms with E-state index in [0.717, 1.165) is 14.9 Å². The average Bonchev–Trinajstić information content (AvgIpc) is 2.98. The summed E-state index contributed by atoms with van der Waals surface area (Å²) in [6.45, 7) is 3.73. The number of carbonyl (C=O) groups excluding carboxylic acids is 1. The van der Waals surface area contributed by atoms with Gasteiger partial charge in [-0.2, -0.15) is 0 Å². The summed E-state index contributed by atoms with van der Waals surface area (Å²) in [6.07, 6.45) is -0.0487. The molecule has 2 aromatic rings. The number of hydrogen-bond donors (Lipinski definition) is 1. The standard InChI is InChI=1S/C17H19BrN2O2S/c1-12-10-20(11-15(22-12)13-5-3-2-4-6-13)17(21)19-9-16-14(18)7-8-23-16/h2-8,12,15H,9-11H2,1H3,(H,19,21). The van der Waals surface area contributed by atoms with Gasteiger partial charge in [-0.3, -0.25) is 0 Å². The number of thiophene rings is 1. The summed E-state index contributed by atoms with van der Waals surface area (Å²) < 4.78 is 7.04. The molecule has 2 amide bonds. The van der Waals surface area contributed by atoms with Gasteiger partial charge in [0.25, 0.3) is 0 Å². The zero-order chi connectivity index (χ0) is 16.2. The van der Waals surface area contributed by atoms with Crippen LogP contribution in [0.5, 0.6) is 0 Å². The fraction of sp³-hybridized carbons (Fsp3) is 0.353. The van der Waals surface area contributed by atoms with E-state index in [4.69, 9.17) is 4.74 Å². The summed E-state index contributed by atoms with van der Waals surface area (Å²) in [5.41, 5.74) is 1.11. The molecule has 2 unspecified atom stereocenters. The number of nitrogens with zero attached hydrogens (tertiary/aromatic N) is 1. The van der Waals surface area contributed by atoms with Crippen LogP contribution in [0.1, 0.15) is 23.5 Å². The Balaban J connectivity index is 1.62. The summed E-state index contributed by atoms with van der Waals surface area (Å²) in [7, 11) is 0. The minimum absolute atomic E-state index is 0.0215. The van der Waals surface area contributed by atoms with Gasteiger partial charge in [0.05, 0.1) is 19.2 Å². The van der Waals surface area contributed by atoms with Crippen LogP contribution in [0.15, 0.2) is 46.3 Å². The van der Waals surface area contributed by atoms with Crippen LogP contribution in [0.25, 0.3) is 0 Å². The van der Waals surface area contributed by atoms with Crippen LogP contribution in [0, 0.1) is 0 Å². The maximum absolute atomic E-state index is 12.5. The molecule has 6 heteroatoms. The van der Waals surface area contributed by atoms with Gasteiger partial charge in [0, 0.05) is 15.9 Å². The monoisotopic (exact) mass is 394 g/mol. The van der Waals surface area contributed by atoms with Crippen LogP contribution in [-0.2, 0) is 11.3 Å². The summed E-state index contributed by atoms with van der Waals surface area (Å²) in [5.74, 6) is 0. The van der Waals surface area contributed by atoms with E-state index in [-0.39, 0.29) is 18.2 Å². The number of rotatable bonds is 3. The van der Waals surface area contributed by atoms with Crippen molar-refractivity contribution in [2.24, 2.45) is 0 Å². The average molecular weight is 395 g/mol. The highest BCUT2D eigenvalue weighted by Gasteiger charge is 2.29. The highest BCUT2D eigenvalue weighted by Crippen LogP contribution is 2.25. The van der Waals surface area contributed by atoms with Crippen molar-refractivity contribution in [3.05, 3.63) is 56.7 Å². The molecular weight excluding hydrogens is 376 g/mol. The maximum atomic E-state index is 12.5. The molecule has 2 atom stereocenters. The van der Waals surface area contributed by atoms with E-state index in [2.05, 4.69) is 21.2 Å². The van der Waals surface area contributed by atoms with E-state index in [1.165, 1.54) is 0 Å². The minimum atomic E-state index is -0.0702. The van der Waals surface area contributed by atoms with E-state index >= 15 is 0 Å². The van der Waals surface area contributed by atoms with Crippen LogP contribution in [0.2, 0.25) is 0 Å². The smallest absolute Gasteiger partial charge is 0.317 e. The Morgan fingerprint density at radius 2 is 2.13 bits per heavy atom. The van der Waals surface area contributed by atoms with Gasteiger partial charge >= 0.3 is 6.03 Å². The lowest BCUT2D eigenvalue weighted by atomic mass is 10.1. The van der Waals surface area contributed by atoms with E-state index in [9.17, 15) is 4.79 Å². The predicted molar refractivity (Wildman–Crippen MR) is 95.6 cm³/mol. The van der Waals surface area contributed by atoms with Crippen molar-refractivity contribution < 1.29 is 9.53 Å². The molecule has 0 spiro atoms. The number of amides is 2. The lowest BCUT2D eigenvalue weighted by Crippen LogP contribution is -2.49. The van der Waals surface area contributed by atoms with Crippen molar-refractivity contribution >= 4 is 33.3 Å². The molecule has 0 bridgehead atoms. The molecule has 1 aromatic heterocycles. The molecule has 0 saturated carbocycles. The molecule has 1 fully saturated rings. The van der Waals surface area contributed by atoms with Crippen LogP contribution in [-0.4, -0.2) is 30.1 Å². The molecular formula is C17H19BrN2O2S. The molecule has 2 heterocycles. The Hall–Kier alpha value is -1.37. The highest BCUT2D eigenvalue weighted by molar-refractivity contribution is 9.10. The number of benzene rings is 1. The summed E-state index contributed by atoms with van der Waals surface area (Å²) in [5, 5.41) is 5.01. The van der Waals surface area contributed by atoms with Gasteiger partial charge in [0.1, 0.15) is 6.10 Å². The second kappa shape index (κ2) is 7.47. The second-order valence-electron chi connectivity index (χ2n) is 5.60. The largest absolute Gasteiger partial charge is 0.367 e. The first kappa shape index (κ1) is 16.5. The number of hydrogen-bond acceptors (Lipinski definition) is 3. The molecule has 1 saturated heterocycles. The number of morpholine rings is 1. The van der Waals surface area contributed by atoms with Crippen LogP contribution in [0.3, 0.4) is 0 Å². The van der Waals surface area contributed by atoms with Crippen molar-refractivity contribution in [3.8, 4) is 0 Å². The Bertz CT molecular complexity index is 662. The third-order valence-corrected chi connectivity index (χ3v) is 5.74. The predicted octanol–water partition coefficient (Wildman–Crippen LogP) is 4.18. The number of carbonyl (C=O) groups is 1. The van der Waals surface area contributed by atoms with Gasteiger partial charge in [-0.05, 0) is 39.9 Å². The van der Waals surface area contributed by atoms with Crippen molar-refractivity contribution in [2.75, 3.05) is 13.1 Å². The van der Waals surface area contributed by atoms with Crippen molar-refractivity contribution in [2.45, 2.75) is 25.7 Å². The SMILES string of the molecule is CC1CN(C(=O)NCc2sccc2Br)CC(c2ccccc2)O1. The van der Waals surface area contributed by atoms with Crippen LogP contribution >= 0.6 is 27.3 Å². The van der Waals surface area contributed by atoms with Gasteiger partial charge < -0.3 is 15.0 Å². The van der Waals surface area contributed by atoms with Crippen LogP contribution < -0.4 is 5.32 Å². The summed E-state index contributed by atoms with van der Waals surface area (Å²) >= 11 is 5.12. The molecule has 1 aliphatic heterocycles. The first-order chi connectivity index (χ1) is 11.1. The van der Waals surface area contributed by atoms with E-state index in [0.29, 0.717) is 19.6 Å². The van der Waals surface area contributed by atoms with E-state index in [1.807, 2.05) is 53.6 Å². The number of ether oxygens (including phenoxy) is 1. The van der Waals surface area contributed by atoms with Gasteiger partial charge in [0.15, 0.2) is 0 Å². The molecule has 1 aromatic carbocycles. The van der Waals surface area contributed by atoms with Gasteiger partial charge in [0.2, 0.25) is 0 Å². The third-order valence-electron chi connectivity index (χ3n) is 3.81. The van der Waals surface area contributed by atoms with Crippen molar-refractivity contribution in [1.29, 1.82) is 0 Å². The van der Waals surface area contributed by atoms with Gasteiger partial charge in [-0.15, -0.1) is 11.3 Å². The quantitative estimate of drug-likeness (QED) is 0.847. The lowest BCUT2D eigenvalue weighted by Gasteiger charge is -2.37. The van der Waals surface area contributed by atoms with Crippen molar-refractivity contribution in [3.63, 3.8) is 0 Å². The van der Waals surface area contributed by atoms with Gasteiger partial charge in [-0.1, -0.05) is 30.3 Å². The molecule has 122 valence electrons. The molecule has 1 N–H and O–H groups in total. The molecule has 0 aliphatic carbocycles. The summed E-state index contributed by atoms with van der Waals surface area (Å²) in [6, 6.07) is 12.0. The molecule has 3 rings (SSSR count). The molecule has 1 aliphatic rings. The normalized spacial score (nSPS) is 21.2. The fourth-order valence-corrected chi connectivity index (χ4v) is 4.12. The third kappa shape index (κ3) is 4.13.